The lowest BCUT2D eigenvalue weighted by molar-refractivity contribution is 0.0270. The van der Waals surface area contributed by atoms with Crippen molar-refractivity contribution in [2.45, 2.75) is 38.4 Å². The first kappa shape index (κ1) is 17.4. The van der Waals surface area contributed by atoms with Crippen LogP contribution in [0.15, 0.2) is 28.7 Å². The van der Waals surface area contributed by atoms with Crippen LogP contribution in [0.4, 0.5) is 0 Å². The number of aliphatic hydroxyl groups excluding tert-OH is 1. The number of rotatable bonds is 9. The normalized spacial score (nSPS) is 13.2. The van der Waals surface area contributed by atoms with Crippen molar-refractivity contribution >= 4 is 15.9 Å². The topological polar surface area (TPSA) is 61.7 Å². The smallest absolute Gasteiger partial charge is 0.120 e. The molecule has 0 amide bonds. The molecule has 0 bridgehead atoms. The van der Waals surface area contributed by atoms with Gasteiger partial charge in [0.2, 0.25) is 0 Å². The summed E-state index contributed by atoms with van der Waals surface area (Å²) in [4.78, 5) is 0. The molecule has 0 aliphatic carbocycles. The molecule has 0 aromatic heterocycles. The Labute approximate surface area is 129 Å². The van der Waals surface area contributed by atoms with E-state index in [9.17, 15) is 10.2 Å². The van der Waals surface area contributed by atoms with Gasteiger partial charge in [-0.3, -0.25) is 0 Å². The number of benzene rings is 1. The molecule has 4 nitrogen and oxygen atoms in total. The van der Waals surface area contributed by atoms with Gasteiger partial charge in [0.1, 0.15) is 18.5 Å². The maximum absolute atomic E-state index is 10.1. The summed E-state index contributed by atoms with van der Waals surface area (Å²) in [7, 11) is 0. The lowest BCUT2D eigenvalue weighted by Crippen LogP contribution is -2.43. The molecule has 5 heteroatoms. The molecule has 0 radical (unpaired) electrons. The van der Waals surface area contributed by atoms with Crippen LogP contribution >= 0.6 is 15.9 Å². The van der Waals surface area contributed by atoms with Crippen LogP contribution in [0.3, 0.4) is 0 Å². The van der Waals surface area contributed by atoms with Gasteiger partial charge in [-0.05, 0) is 31.0 Å². The summed E-state index contributed by atoms with van der Waals surface area (Å²) < 4.78 is 6.44. The Balaban J connectivity index is 2.25. The molecule has 0 saturated carbocycles. The summed E-state index contributed by atoms with van der Waals surface area (Å²) in [6.07, 6.45) is 0.786. The number of halogens is 1. The van der Waals surface area contributed by atoms with Crippen molar-refractivity contribution in [3.05, 3.63) is 28.7 Å². The zero-order chi connectivity index (χ0) is 15.0. The molecule has 114 valence electrons. The van der Waals surface area contributed by atoms with Crippen molar-refractivity contribution in [2.24, 2.45) is 0 Å². The molecule has 0 spiro atoms. The van der Waals surface area contributed by atoms with Gasteiger partial charge < -0.3 is 20.3 Å². The Morgan fingerprint density at radius 2 is 2.05 bits per heavy atom. The highest BCUT2D eigenvalue weighted by atomic mass is 79.9. The highest BCUT2D eigenvalue weighted by molar-refractivity contribution is 9.10. The van der Waals surface area contributed by atoms with E-state index in [4.69, 9.17) is 4.74 Å². The first-order valence-corrected chi connectivity index (χ1v) is 7.78. The zero-order valence-electron chi connectivity index (χ0n) is 12.1. The van der Waals surface area contributed by atoms with Gasteiger partial charge in [0, 0.05) is 17.6 Å². The van der Waals surface area contributed by atoms with E-state index in [1.807, 2.05) is 38.1 Å². The summed E-state index contributed by atoms with van der Waals surface area (Å²) in [6, 6.07) is 7.50. The molecule has 1 aromatic rings. The number of aliphatic hydroxyl groups is 2. The molecular weight excluding hydrogens is 322 g/mol. The fourth-order valence-corrected chi connectivity index (χ4v) is 2.16. The second-order valence-corrected chi connectivity index (χ2v) is 5.90. The molecule has 20 heavy (non-hydrogen) atoms. The molecule has 0 aliphatic rings. The van der Waals surface area contributed by atoms with Crippen molar-refractivity contribution in [1.82, 2.24) is 5.32 Å². The van der Waals surface area contributed by atoms with Crippen LogP contribution in [0.2, 0.25) is 0 Å². The Kier molecular flexibility index (Phi) is 7.51. The van der Waals surface area contributed by atoms with Gasteiger partial charge in [0.05, 0.1) is 5.60 Å². The van der Waals surface area contributed by atoms with Gasteiger partial charge in [0.25, 0.3) is 0 Å². The van der Waals surface area contributed by atoms with Crippen LogP contribution < -0.4 is 10.1 Å². The third-order valence-electron chi connectivity index (χ3n) is 3.39. The lowest BCUT2D eigenvalue weighted by atomic mass is 9.97. The van der Waals surface area contributed by atoms with E-state index in [-0.39, 0.29) is 6.61 Å². The molecule has 3 N–H and O–H groups in total. The zero-order valence-corrected chi connectivity index (χ0v) is 13.7. The van der Waals surface area contributed by atoms with Gasteiger partial charge in [-0.1, -0.05) is 35.8 Å². The fourth-order valence-electron chi connectivity index (χ4n) is 1.78. The molecule has 1 unspecified atom stereocenters. The van der Waals surface area contributed by atoms with Gasteiger partial charge in [-0.2, -0.15) is 0 Å². The summed E-state index contributed by atoms with van der Waals surface area (Å²) in [5.41, 5.74) is -0.690. The molecule has 0 heterocycles. The predicted octanol–water partition coefficient (Wildman–Crippen LogP) is 2.33. The van der Waals surface area contributed by atoms with E-state index >= 15 is 0 Å². The number of hydrogen-bond donors (Lipinski definition) is 3. The van der Waals surface area contributed by atoms with Crippen LogP contribution in [-0.4, -0.2) is 41.6 Å². The van der Waals surface area contributed by atoms with E-state index in [2.05, 4.69) is 21.2 Å². The molecule has 1 atom stereocenters. The van der Waals surface area contributed by atoms with Crippen molar-refractivity contribution in [3.63, 3.8) is 0 Å². The van der Waals surface area contributed by atoms with E-state index in [0.29, 0.717) is 25.9 Å². The minimum Gasteiger partial charge on any atom is -0.491 e. The summed E-state index contributed by atoms with van der Waals surface area (Å²) in [5, 5.41) is 23.0. The third-order valence-corrected chi connectivity index (χ3v) is 3.88. The standard InChI is InChI=1S/C15H24BrNO3/c1-3-15(19,4-2)11-17-9-13(18)10-20-14-7-5-6-12(16)8-14/h5-8,13,17-19H,3-4,9-11H2,1-2H3. The molecular formula is C15H24BrNO3. The first-order valence-electron chi connectivity index (χ1n) is 6.98. The van der Waals surface area contributed by atoms with E-state index in [0.717, 1.165) is 10.2 Å². The fraction of sp³-hybridized carbons (Fsp3) is 0.600. The summed E-state index contributed by atoms with van der Waals surface area (Å²) in [5.74, 6) is 0.719. The highest BCUT2D eigenvalue weighted by Crippen LogP contribution is 2.17. The minimum absolute atomic E-state index is 0.222. The van der Waals surface area contributed by atoms with Crippen molar-refractivity contribution in [1.29, 1.82) is 0 Å². The highest BCUT2D eigenvalue weighted by Gasteiger charge is 2.21. The van der Waals surface area contributed by atoms with E-state index < -0.39 is 11.7 Å². The van der Waals surface area contributed by atoms with Crippen molar-refractivity contribution in [2.75, 3.05) is 19.7 Å². The Hall–Kier alpha value is -0.620. The van der Waals surface area contributed by atoms with Crippen LogP contribution in [0.1, 0.15) is 26.7 Å². The second kappa shape index (κ2) is 8.62. The maximum atomic E-state index is 10.1. The maximum Gasteiger partial charge on any atom is 0.120 e. The van der Waals surface area contributed by atoms with Crippen LogP contribution in [0.5, 0.6) is 5.75 Å². The Morgan fingerprint density at radius 3 is 2.65 bits per heavy atom. The van der Waals surface area contributed by atoms with Crippen LogP contribution in [0.25, 0.3) is 0 Å². The van der Waals surface area contributed by atoms with Gasteiger partial charge >= 0.3 is 0 Å². The van der Waals surface area contributed by atoms with Crippen molar-refractivity contribution in [3.8, 4) is 5.75 Å². The molecule has 0 fully saturated rings. The molecule has 1 rings (SSSR count). The minimum atomic E-state index is -0.690. The van der Waals surface area contributed by atoms with Crippen molar-refractivity contribution < 1.29 is 14.9 Å². The number of nitrogens with one attached hydrogen (secondary N) is 1. The third kappa shape index (κ3) is 6.22. The summed E-state index contributed by atoms with van der Waals surface area (Å²) >= 11 is 3.37. The number of hydrogen-bond acceptors (Lipinski definition) is 4. The van der Waals surface area contributed by atoms with Gasteiger partial charge in [-0.25, -0.2) is 0 Å². The monoisotopic (exact) mass is 345 g/mol. The Morgan fingerprint density at radius 1 is 1.35 bits per heavy atom. The average molecular weight is 346 g/mol. The van der Waals surface area contributed by atoms with Gasteiger partial charge in [-0.15, -0.1) is 0 Å². The summed E-state index contributed by atoms with van der Waals surface area (Å²) in [6.45, 7) is 5.01. The van der Waals surface area contributed by atoms with Crippen LogP contribution in [-0.2, 0) is 0 Å². The molecule has 0 aliphatic heterocycles. The predicted molar refractivity (Wildman–Crippen MR) is 84.0 cm³/mol. The van der Waals surface area contributed by atoms with Gasteiger partial charge in [0.15, 0.2) is 0 Å². The first-order chi connectivity index (χ1) is 9.49. The quantitative estimate of drug-likeness (QED) is 0.642. The van der Waals surface area contributed by atoms with E-state index in [1.165, 1.54) is 0 Å². The lowest BCUT2D eigenvalue weighted by Gasteiger charge is -2.26. The van der Waals surface area contributed by atoms with E-state index in [1.54, 1.807) is 0 Å². The second-order valence-electron chi connectivity index (χ2n) is 4.98. The molecule has 1 aromatic carbocycles. The Bertz CT molecular complexity index is 396. The number of ether oxygens (including phenoxy) is 1. The SMILES string of the molecule is CCC(O)(CC)CNCC(O)COc1cccc(Br)c1. The largest absolute Gasteiger partial charge is 0.491 e. The van der Waals surface area contributed by atoms with Crippen LogP contribution in [0, 0.1) is 0 Å². The molecule has 0 saturated heterocycles. The average Bonchev–Trinajstić information content (AvgIpc) is 2.45.